The molecule has 3 nitrogen and oxygen atoms in total. The molecular formula is C23H16Cl2N2O. The molecule has 0 spiro atoms. The second kappa shape index (κ2) is 8.01. The van der Waals surface area contributed by atoms with Crippen molar-refractivity contribution in [2.24, 2.45) is 4.99 Å². The summed E-state index contributed by atoms with van der Waals surface area (Å²) in [7, 11) is 0. The van der Waals surface area contributed by atoms with Crippen LogP contribution in [0.2, 0.25) is 10.0 Å². The van der Waals surface area contributed by atoms with Crippen molar-refractivity contribution in [3.63, 3.8) is 0 Å². The Kier molecular flexibility index (Phi) is 5.29. The van der Waals surface area contributed by atoms with E-state index in [-0.39, 0.29) is 0 Å². The first-order chi connectivity index (χ1) is 13.6. The summed E-state index contributed by atoms with van der Waals surface area (Å²) in [6.45, 7) is 2.04. The number of hydrogen-bond donors (Lipinski definition) is 0. The number of oxazole rings is 1. The maximum atomic E-state index is 6.16. The minimum absolute atomic E-state index is 0.602. The molecule has 0 amide bonds. The molecule has 28 heavy (non-hydrogen) atoms. The Morgan fingerprint density at radius 3 is 2.68 bits per heavy atom. The molecule has 138 valence electrons. The van der Waals surface area contributed by atoms with Gasteiger partial charge in [0.05, 0.1) is 5.69 Å². The van der Waals surface area contributed by atoms with Crippen LogP contribution in [0.4, 0.5) is 5.69 Å². The highest BCUT2D eigenvalue weighted by Gasteiger charge is 2.10. The summed E-state index contributed by atoms with van der Waals surface area (Å²) < 4.78 is 5.89. The van der Waals surface area contributed by atoms with Gasteiger partial charge in [-0.2, -0.15) is 0 Å². The molecule has 0 aliphatic rings. The molecule has 0 saturated heterocycles. The first-order valence-corrected chi connectivity index (χ1v) is 9.48. The Bertz CT molecular complexity index is 1210. The number of aliphatic imine (C=N–C) groups is 1. The highest BCUT2D eigenvalue weighted by atomic mass is 35.5. The average Bonchev–Trinajstić information content (AvgIpc) is 3.10. The lowest BCUT2D eigenvalue weighted by Crippen LogP contribution is -1.81. The van der Waals surface area contributed by atoms with Gasteiger partial charge in [0.1, 0.15) is 5.52 Å². The van der Waals surface area contributed by atoms with Gasteiger partial charge in [0.15, 0.2) is 5.58 Å². The van der Waals surface area contributed by atoms with Gasteiger partial charge in [0, 0.05) is 21.8 Å². The maximum absolute atomic E-state index is 6.16. The summed E-state index contributed by atoms with van der Waals surface area (Å²) in [6.07, 6.45) is 5.43. The van der Waals surface area contributed by atoms with Crippen LogP contribution in [0.25, 0.3) is 28.6 Å². The van der Waals surface area contributed by atoms with E-state index in [0.717, 1.165) is 33.5 Å². The van der Waals surface area contributed by atoms with Gasteiger partial charge >= 0.3 is 0 Å². The van der Waals surface area contributed by atoms with Crippen LogP contribution in [-0.2, 0) is 0 Å². The second-order valence-corrected chi connectivity index (χ2v) is 7.13. The summed E-state index contributed by atoms with van der Waals surface area (Å²) in [5.74, 6) is 0.617. The van der Waals surface area contributed by atoms with Crippen LogP contribution >= 0.6 is 23.2 Å². The number of aryl methyl sites for hydroxylation is 1. The Morgan fingerprint density at radius 2 is 1.86 bits per heavy atom. The van der Waals surface area contributed by atoms with Crippen molar-refractivity contribution in [1.82, 2.24) is 4.98 Å². The number of hydrogen-bond acceptors (Lipinski definition) is 3. The number of allylic oxidation sites excluding steroid dienone is 1. The number of aromatic nitrogens is 1. The molecule has 0 aliphatic carbocycles. The number of halogens is 2. The molecule has 0 bridgehead atoms. The maximum Gasteiger partial charge on any atom is 0.227 e. The summed E-state index contributed by atoms with van der Waals surface area (Å²) in [4.78, 5) is 9.07. The first kappa shape index (κ1) is 18.5. The SMILES string of the molecule is Cc1ccccc1-c1nc2cc(N=CC=Cc3ccc(Cl)cc3Cl)ccc2o1. The lowest BCUT2D eigenvalue weighted by molar-refractivity contribution is 0.619. The quantitative estimate of drug-likeness (QED) is 0.328. The first-order valence-electron chi connectivity index (χ1n) is 8.72. The predicted molar refractivity (Wildman–Crippen MR) is 118 cm³/mol. The van der Waals surface area contributed by atoms with E-state index in [1.54, 1.807) is 18.3 Å². The fourth-order valence-corrected chi connectivity index (χ4v) is 3.31. The van der Waals surface area contributed by atoms with Crippen molar-refractivity contribution < 1.29 is 4.42 Å². The standard InChI is InChI=1S/C23H16Cl2N2O/c1-15-5-2-3-7-19(15)23-27-21-14-18(10-11-22(21)28-23)26-12-4-6-16-8-9-17(24)13-20(16)25/h2-14H,1H3. The fraction of sp³-hybridized carbons (Fsp3) is 0.0435. The minimum atomic E-state index is 0.602. The average molecular weight is 407 g/mol. The van der Waals surface area contributed by atoms with Crippen LogP contribution in [0, 0.1) is 6.92 Å². The molecule has 5 heteroatoms. The number of fused-ring (bicyclic) bond motifs is 1. The van der Waals surface area contributed by atoms with Gasteiger partial charge in [-0.05, 0) is 60.5 Å². The van der Waals surface area contributed by atoms with Gasteiger partial charge in [-0.3, -0.25) is 4.99 Å². The van der Waals surface area contributed by atoms with Crippen molar-refractivity contribution in [3.8, 4) is 11.5 Å². The third kappa shape index (κ3) is 4.01. The lowest BCUT2D eigenvalue weighted by atomic mass is 10.1. The zero-order chi connectivity index (χ0) is 19.5. The highest BCUT2D eigenvalue weighted by molar-refractivity contribution is 6.35. The van der Waals surface area contributed by atoms with Crippen LogP contribution in [-0.4, -0.2) is 11.2 Å². The molecular weight excluding hydrogens is 391 g/mol. The van der Waals surface area contributed by atoms with E-state index in [4.69, 9.17) is 27.6 Å². The summed E-state index contributed by atoms with van der Waals surface area (Å²) in [6, 6.07) is 19.1. The smallest absolute Gasteiger partial charge is 0.227 e. The van der Waals surface area contributed by atoms with Crippen molar-refractivity contribution >= 4 is 52.3 Å². The Balaban J connectivity index is 1.55. The van der Waals surface area contributed by atoms with Gasteiger partial charge in [-0.1, -0.05) is 53.5 Å². The molecule has 1 aromatic heterocycles. The Morgan fingerprint density at radius 1 is 1.00 bits per heavy atom. The molecule has 1 heterocycles. The van der Waals surface area contributed by atoms with E-state index >= 15 is 0 Å². The van der Waals surface area contributed by atoms with Crippen molar-refractivity contribution in [2.75, 3.05) is 0 Å². The molecule has 0 aliphatic heterocycles. The van der Waals surface area contributed by atoms with Crippen LogP contribution < -0.4 is 0 Å². The van der Waals surface area contributed by atoms with Crippen LogP contribution in [0.5, 0.6) is 0 Å². The number of rotatable bonds is 4. The highest BCUT2D eigenvalue weighted by Crippen LogP contribution is 2.28. The third-order valence-electron chi connectivity index (χ3n) is 4.29. The Labute approximate surface area is 173 Å². The van der Waals surface area contributed by atoms with E-state index in [2.05, 4.69) is 9.98 Å². The van der Waals surface area contributed by atoms with Crippen molar-refractivity contribution in [2.45, 2.75) is 6.92 Å². The molecule has 0 fully saturated rings. The van der Waals surface area contributed by atoms with Crippen LogP contribution in [0.3, 0.4) is 0 Å². The fourth-order valence-electron chi connectivity index (χ4n) is 2.84. The van der Waals surface area contributed by atoms with E-state index < -0.39 is 0 Å². The van der Waals surface area contributed by atoms with Gasteiger partial charge < -0.3 is 4.42 Å². The van der Waals surface area contributed by atoms with Crippen LogP contribution in [0.15, 0.2) is 76.1 Å². The summed E-state index contributed by atoms with van der Waals surface area (Å²) in [5, 5.41) is 1.21. The monoisotopic (exact) mass is 406 g/mol. The molecule has 0 saturated carbocycles. The number of benzene rings is 3. The van der Waals surface area contributed by atoms with Gasteiger partial charge in [0.25, 0.3) is 0 Å². The lowest BCUT2D eigenvalue weighted by Gasteiger charge is -1.98. The van der Waals surface area contributed by atoms with Gasteiger partial charge in [0.2, 0.25) is 5.89 Å². The van der Waals surface area contributed by atoms with Gasteiger partial charge in [-0.15, -0.1) is 0 Å². The summed E-state index contributed by atoms with van der Waals surface area (Å²) >= 11 is 12.1. The van der Waals surface area contributed by atoms with E-state index in [1.165, 1.54) is 0 Å². The zero-order valence-corrected chi connectivity index (χ0v) is 16.6. The van der Waals surface area contributed by atoms with Gasteiger partial charge in [-0.25, -0.2) is 4.98 Å². The van der Waals surface area contributed by atoms with Crippen molar-refractivity contribution in [1.29, 1.82) is 0 Å². The largest absolute Gasteiger partial charge is 0.436 e. The normalized spacial score (nSPS) is 11.8. The molecule has 4 rings (SSSR count). The Hall–Kier alpha value is -2.88. The molecule has 0 N–H and O–H groups in total. The summed E-state index contributed by atoms with van der Waals surface area (Å²) in [5.41, 5.74) is 5.31. The second-order valence-electron chi connectivity index (χ2n) is 6.29. The minimum Gasteiger partial charge on any atom is -0.436 e. The topological polar surface area (TPSA) is 38.4 Å². The number of nitrogens with zero attached hydrogens (tertiary/aromatic N) is 2. The van der Waals surface area contributed by atoms with E-state index in [1.807, 2.05) is 67.6 Å². The molecule has 0 atom stereocenters. The van der Waals surface area contributed by atoms with E-state index in [0.29, 0.717) is 15.9 Å². The zero-order valence-electron chi connectivity index (χ0n) is 15.1. The van der Waals surface area contributed by atoms with Crippen LogP contribution in [0.1, 0.15) is 11.1 Å². The predicted octanol–water partition coefficient (Wildman–Crippen LogP) is 7.53. The molecule has 3 aromatic carbocycles. The third-order valence-corrected chi connectivity index (χ3v) is 4.86. The molecule has 0 radical (unpaired) electrons. The molecule has 4 aromatic rings. The van der Waals surface area contributed by atoms with Crippen molar-refractivity contribution in [3.05, 3.63) is 87.9 Å². The van der Waals surface area contributed by atoms with E-state index in [9.17, 15) is 0 Å². The molecule has 0 unspecified atom stereocenters.